The van der Waals surface area contributed by atoms with E-state index in [0.29, 0.717) is 42.5 Å². The predicted molar refractivity (Wildman–Crippen MR) is 132 cm³/mol. The third-order valence-electron chi connectivity index (χ3n) is 8.22. The smallest absolute Gasteiger partial charge is 0.237 e. The summed E-state index contributed by atoms with van der Waals surface area (Å²) in [6.07, 6.45) is 6.29. The number of halogens is 2. The number of rotatable bonds is 6. The highest BCUT2D eigenvalue weighted by atomic mass is 19.2. The Hall–Kier alpha value is -2.02. The van der Waals surface area contributed by atoms with Crippen LogP contribution in [0.2, 0.25) is 0 Å². The Bertz CT molecular complexity index is 956. The van der Waals surface area contributed by atoms with E-state index in [-0.39, 0.29) is 34.9 Å². The summed E-state index contributed by atoms with van der Waals surface area (Å²) in [7, 11) is 0. The Morgan fingerprint density at radius 1 is 1.09 bits per heavy atom. The van der Waals surface area contributed by atoms with Gasteiger partial charge in [-0.2, -0.15) is 0 Å². The minimum Gasteiger partial charge on any atom is -0.351 e. The first-order valence-electron chi connectivity index (χ1n) is 13.1. The number of hydrogen-bond donors (Lipinski definition) is 2. The van der Waals surface area contributed by atoms with Crippen molar-refractivity contribution in [1.82, 2.24) is 15.5 Å². The van der Waals surface area contributed by atoms with E-state index >= 15 is 0 Å². The highest BCUT2D eigenvalue weighted by Gasteiger charge is 2.51. The molecule has 4 atom stereocenters. The minimum atomic E-state index is -0.871. The summed E-state index contributed by atoms with van der Waals surface area (Å²) in [6, 6.07) is 2.41. The zero-order valence-electron chi connectivity index (χ0n) is 21.9. The van der Waals surface area contributed by atoms with Gasteiger partial charge in [-0.05, 0) is 79.0 Å². The van der Waals surface area contributed by atoms with Crippen LogP contribution in [0.25, 0.3) is 0 Å². The molecule has 35 heavy (non-hydrogen) atoms. The number of carbonyl (C=O) groups is 2. The summed E-state index contributed by atoms with van der Waals surface area (Å²) in [5, 5.41) is 7.07. The van der Waals surface area contributed by atoms with Crippen LogP contribution in [0.15, 0.2) is 12.1 Å². The van der Waals surface area contributed by atoms with E-state index in [1.165, 1.54) is 12.1 Å². The van der Waals surface area contributed by atoms with Crippen molar-refractivity contribution < 1.29 is 18.4 Å². The summed E-state index contributed by atoms with van der Waals surface area (Å²) < 4.78 is 27.3. The maximum absolute atomic E-state index is 13.6. The molecule has 2 saturated carbocycles. The molecular formula is C28H41F2N3O2. The molecular weight excluding hydrogens is 448 g/mol. The van der Waals surface area contributed by atoms with Crippen LogP contribution < -0.4 is 10.6 Å². The number of nitrogens with zero attached hydrogens (tertiary/aromatic N) is 1. The van der Waals surface area contributed by atoms with E-state index in [4.69, 9.17) is 0 Å². The first-order valence-corrected chi connectivity index (χ1v) is 13.1. The molecule has 0 saturated heterocycles. The van der Waals surface area contributed by atoms with Gasteiger partial charge >= 0.3 is 0 Å². The van der Waals surface area contributed by atoms with Gasteiger partial charge in [-0.25, -0.2) is 8.78 Å². The Balaban J connectivity index is 1.45. The Morgan fingerprint density at radius 2 is 1.71 bits per heavy atom. The van der Waals surface area contributed by atoms with Crippen molar-refractivity contribution in [2.75, 3.05) is 6.54 Å². The number of amides is 2. The fourth-order valence-electron chi connectivity index (χ4n) is 7.03. The number of nitrogens with one attached hydrogen (secondary N) is 2. The van der Waals surface area contributed by atoms with Crippen LogP contribution in [0.4, 0.5) is 8.78 Å². The van der Waals surface area contributed by atoms with Crippen LogP contribution in [0.1, 0.15) is 90.7 Å². The molecule has 0 spiro atoms. The number of hydrogen-bond acceptors (Lipinski definition) is 3. The van der Waals surface area contributed by atoms with E-state index in [2.05, 4.69) is 45.3 Å². The van der Waals surface area contributed by atoms with E-state index in [1.54, 1.807) is 4.90 Å². The zero-order valence-corrected chi connectivity index (χ0v) is 21.9. The van der Waals surface area contributed by atoms with Gasteiger partial charge in [0.2, 0.25) is 11.8 Å². The second-order valence-corrected chi connectivity index (χ2v) is 12.8. The van der Waals surface area contributed by atoms with Crippen molar-refractivity contribution in [3.63, 3.8) is 0 Å². The van der Waals surface area contributed by atoms with Crippen LogP contribution in [-0.4, -0.2) is 34.3 Å². The third kappa shape index (κ3) is 5.87. The molecule has 3 aliphatic rings. The van der Waals surface area contributed by atoms with E-state index in [1.807, 2.05) is 0 Å². The molecule has 1 heterocycles. The molecule has 5 nitrogen and oxygen atoms in total. The summed E-state index contributed by atoms with van der Waals surface area (Å²) in [6.45, 7) is 11.5. The summed E-state index contributed by atoms with van der Waals surface area (Å²) in [5.41, 5.74) is 0.809. The first-order chi connectivity index (χ1) is 16.3. The number of carbonyl (C=O) groups excluding carboxylic acids is 2. The summed E-state index contributed by atoms with van der Waals surface area (Å²) in [4.78, 5) is 27.7. The minimum absolute atomic E-state index is 0.0596. The lowest BCUT2D eigenvalue weighted by molar-refractivity contribution is -0.132. The fourth-order valence-corrected chi connectivity index (χ4v) is 7.03. The Morgan fingerprint density at radius 3 is 2.29 bits per heavy atom. The van der Waals surface area contributed by atoms with Gasteiger partial charge in [-0.3, -0.25) is 9.59 Å². The van der Waals surface area contributed by atoms with Crippen LogP contribution in [0.5, 0.6) is 0 Å². The second-order valence-electron chi connectivity index (χ2n) is 12.8. The van der Waals surface area contributed by atoms with Gasteiger partial charge in [-0.15, -0.1) is 0 Å². The molecule has 2 N–H and O–H groups in total. The molecule has 1 aromatic rings. The number of fused-ring (bicyclic) bond motifs is 3. The average molecular weight is 490 g/mol. The van der Waals surface area contributed by atoms with Crippen LogP contribution in [0.3, 0.4) is 0 Å². The average Bonchev–Trinajstić information content (AvgIpc) is 3.12. The van der Waals surface area contributed by atoms with Gasteiger partial charge in [-0.1, -0.05) is 34.6 Å². The molecule has 2 fully saturated rings. The largest absolute Gasteiger partial charge is 0.351 e. The molecule has 0 radical (unpaired) electrons. The lowest BCUT2D eigenvalue weighted by Crippen LogP contribution is -2.65. The van der Waals surface area contributed by atoms with Crippen LogP contribution in [-0.2, 0) is 22.7 Å². The van der Waals surface area contributed by atoms with Gasteiger partial charge in [0.25, 0.3) is 0 Å². The SMILES string of the molecule is CCC1(NC(=O)CC(C)(C)C)CC2CC(C)CC(NCC(=O)N3Cc4cc(F)c(F)cc4C3)(C2)C1. The van der Waals surface area contributed by atoms with E-state index < -0.39 is 11.6 Å². The molecule has 0 aromatic heterocycles. The van der Waals surface area contributed by atoms with E-state index in [0.717, 1.165) is 38.5 Å². The fraction of sp³-hybridized carbons (Fsp3) is 0.714. The van der Waals surface area contributed by atoms with Crippen molar-refractivity contribution in [3.05, 3.63) is 34.9 Å². The maximum Gasteiger partial charge on any atom is 0.237 e. The highest BCUT2D eigenvalue weighted by molar-refractivity contribution is 5.79. The topological polar surface area (TPSA) is 61.4 Å². The standard InChI is InChI=1S/C28H41F2N3O2/c1-6-27(32-24(34)13-26(3,4)5)11-19-7-18(2)10-28(12-19,17-27)31-14-25(35)33-15-20-8-22(29)23(30)9-21(20)16-33/h8-9,18-19,31H,6-7,10-17H2,1-5H3,(H,32,34). The van der Waals surface area contributed by atoms with Crippen molar-refractivity contribution >= 4 is 11.8 Å². The molecule has 1 aliphatic heterocycles. The molecule has 1 aromatic carbocycles. The van der Waals surface area contributed by atoms with Crippen molar-refractivity contribution in [2.45, 2.75) is 104 Å². The van der Waals surface area contributed by atoms with Gasteiger partial charge in [0.1, 0.15) is 0 Å². The molecule has 4 unspecified atom stereocenters. The quantitative estimate of drug-likeness (QED) is 0.587. The molecule has 4 rings (SSSR count). The Labute approximate surface area is 208 Å². The molecule has 194 valence electrons. The predicted octanol–water partition coefficient (Wildman–Crippen LogP) is 5.07. The zero-order chi connectivity index (χ0) is 25.6. The lowest BCUT2D eigenvalue weighted by atomic mass is 9.57. The monoisotopic (exact) mass is 489 g/mol. The third-order valence-corrected chi connectivity index (χ3v) is 8.22. The van der Waals surface area contributed by atoms with Crippen LogP contribution in [0, 0.1) is 28.9 Å². The first kappa shape index (κ1) is 26.1. The lowest BCUT2D eigenvalue weighted by Gasteiger charge is -2.56. The van der Waals surface area contributed by atoms with E-state index in [9.17, 15) is 18.4 Å². The Kier molecular flexibility index (Phi) is 7.04. The summed E-state index contributed by atoms with van der Waals surface area (Å²) in [5.74, 6) is -0.637. The molecule has 2 aliphatic carbocycles. The number of benzene rings is 1. The van der Waals surface area contributed by atoms with Gasteiger partial charge in [0.15, 0.2) is 11.6 Å². The molecule has 2 bridgehead atoms. The highest BCUT2D eigenvalue weighted by Crippen LogP contribution is 2.50. The normalized spacial score (nSPS) is 30.2. The van der Waals surface area contributed by atoms with Gasteiger partial charge in [0, 0.05) is 30.6 Å². The van der Waals surface area contributed by atoms with Crippen molar-refractivity contribution in [3.8, 4) is 0 Å². The van der Waals surface area contributed by atoms with Gasteiger partial charge < -0.3 is 15.5 Å². The summed E-state index contributed by atoms with van der Waals surface area (Å²) >= 11 is 0. The van der Waals surface area contributed by atoms with Crippen molar-refractivity contribution in [2.24, 2.45) is 17.3 Å². The van der Waals surface area contributed by atoms with Crippen LogP contribution >= 0.6 is 0 Å². The van der Waals surface area contributed by atoms with Gasteiger partial charge in [0.05, 0.1) is 6.54 Å². The van der Waals surface area contributed by atoms with Crippen molar-refractivity contribution in [1.29, 1.82) is 0 Å². The molecule has 7 heteroatoms. The molecule has 2 amide bonds. The maximum atomic E-state index is 13.6. The second kappa shape index (κ2) is 9.45.